The van der Waals surface area contributed by atoms with Crippen LogP contribution in [0, 0.1) is 0 Å². The molecule has 0 unspecified atom stereocenters. The van der Waals surface area contributed by atoms with Gasteiger partial charge in [0.25, 0.3) is 0 Å². The second-order valence-electron chi connectivity index (χ2n) is 7.34. The Morgan fingerprint density at radius 3 is 2.64 bits per heavy atom. The first-order valence-corrected chi connectivity index (χ1v) is 10.1. The summed E-state index contributed by atoms with van der Waals surface area (Å²) in [6.07, 6.45) is 12.4. The molecule has 0 bridgehead atoms. The minimum atomic E-state index is 0.498. The van der Waals surface area contributed by atoms with Crippen molar-refractivity contribution in [1.29, 1.82) is 0 Å². The van der Waals surface area contributed by atoms with E-state index in [2.05, 4.69) is 74.1 Å². The van der Waals surface area contributed by atoms with Gasteiger partial charge in [0.2, 0.25) is 0 Å². The second kappa shape index (κ2) is 8.97. The van der Waals surface area contributed by atoms with E-state index in [9.17, 15) is 0 Å². The van der Waals surface area contributed by atoms with E-state index >= 15 is 0 Å². The fourth-order valence-electron chi connectivity index (χ4n) is 3.93. The molecule has 0 aliphatic carbocycles. The monoisotopic (exact) mass is 376 g/mol. The van der Waals surface area contributed by atoms with Crippen LogP contribution in [0.15, 0.2) is 55.1 Å². The van der Waals surface area contributed by atoms with Gasteiger partial charge in [-0.25, -0.2) is 4.98 Å². The molecular formula is C22H28N6. The summed E-state index contributed by atoms with van der Waals surface area (Å²) < 4.78 is 4.33. The maximum absolute atomic E-state index is 4.56. The van der Waals surface area contributed by atoms with E-state index in [0.717, 1.165) is 57.2 Å². The molecule has 0 saturated carbocycles. The molecule has 6 heteroatoms. The van der Waals surface area contributed by atoms with Gasteiger partial charge in [0.15, 0.2) is 5.82 Å². The van der Waals surface area contributed by atoms with Crippen molar-refractivity contribution in [3.05, 3.63) is 72.3 Å². The highest BCUT2D eigenvalue weighted by Gasteiger charge is 2.25. The number of aromatic nitrogens is 5. The van der Waals surface area contributed by atoms with E-state index in [0.29, 0.717) is 5.92 Å². The summed E-state index contributed by atoms with van der Waals surface area (Å²) in [5.41, 5.74) is 1.26. The minimum absolute atomic E-state index is 0.498. The van der Waals surface area contributed by atoms with Gasteiger partial charge in [0.05, 0.1) is 12.9 Å². The van der Waals surface area contributed by atoms with Crippen LogP contribution in [-0.2, 0) is 13.1 Å². The Morgan fingerprint density at radius 2 is 1.93 bits per heavy atom. The zero-order valence-corrected chi connectivity index (χ0v) is 16.5. The summed E-state index contributed by atoms with van der Waals surface area (Å²) in [7, 11) is 0. The Kier molecular flexibility index (Phi) is 5.97. The Morgan fingerprint density at radius 1 is 1.11 bits per heavy atom. The summed E-state index contributed by atoms with van der Waals surface area (Å²) in [5.74, 6) is 2.67. The van der Waals surface area contributed by atoms with Crippen LogP contribution in [0.4, 0.5) is 0 Å². The molecule has 0 atom stereocenters. The number of rotatable bonds is 7. The first-order valence-electron chi connectivity index (χ1n) is 10.1. The Labute approximate surface area is 166 Å². The highest BCUT2D eigenvalue weighted by molar-refractivity contribution is 5.48. The van der Waals surface area contributed by atoms with Crippen LogP contribution in [0.25, 0.3) is 6.08 Å². The van der Waals surface area contributed by atoms with Crippen molar-refractivity contribution in [2.24, 2.45) is 0 Å². The van der Waals surface area contributed by atoms with Crippen LogP contribution in [-0.4, -0.2) is 48.8 Å². The maximum atomic E-state index is 4.56. The average molecular weight is 377 g/mol. The molecule has 1 saturated heterocycles. The molecule has 0 N–H and O–H groups in total. The Balaban J connectivity index is 1.33. The number of benzene rings is 1. The standard InChI is InChI=1S/C22H28N6/c1-2-28-21(17-27-16-12-23-18-27)24-25-22(28)20-10-14-26(15-11-20)13-6-9-19-7-4-3-5-8-19/h3-9,12,16,18,20H,2,10-11,13-15,17H2,1H3. The van der Waals surface area contributed by atoms with Crippen LogP contribution >= 0.6 is 0 Å². The topological polar surface area (TPSA) is 51.8 Å². The molecule has 4 rings (SSSR count). The fourth-order valence-corrected chi connectivity index (χ4v) is 3.93. The maximum Gasteiger partial charge on any atom is 0.153 e. The van der Waals surface area contributed by atoms with Crippen molar-refractivity contribution in [3.8, 4) is 0 Å². The zero-order valence-electron chi connectivity index (χ0n) is 16.5. The largest absolute Gasteiger partial charge is 0.330 e. The van der Waals surface area contributed by atoms with Crippen molar-refractivity contribution >= 4 is 6.08 Å². The first-order chi connectivity index (χ1) is 13.8. The van der Waals surface area contributed by atoms with Crippen molar-refractivity contribution < 1.29 is 0 Å². The lowest BCUT2D eigenvalue weighted by atomic mass is 9.96. The Hall–Kier alpha value is -2.73. The van der Waals surface area contributed by atoms with E-state index in [1.807, 2.05) is 17.1 Å². The van der Waals surface area contributed by atoms with Crippen LogP contribution in [0.5, 0.6) is 0 Å². The third kappa shape index (κ3) is 4.39. The predicted octanol–water partition coefficient (Wildman–Crippen LogP) is 3.44. The quantitative estimate of drug-likeness (QED) is 0.634. The molecule has 1 aliphatic heterocycles. The van der Waals surface area contributed by atoms with E-state index in [-0.39, 0.29) is 0 Å². The number of imidazole rings is 1. The molecule has 28 heavy (non-hydrogen) atoms. The number of hydrogen-bond donors (Lipinski definition) is 0. The summed E-state index contributed by atoms with van der Waals surface area (Å²) in [6, 6.07) is 10.5. The van der Waals surface area contributed by atoms with Gasteiger partial charge < -0.3 is 9.13 Å². The smallest absolute Gasteiger partial charge is 0.153 e. The molecule has 3 heterocycles. The van der Waals surface area contributed by atoms with Gasteiger partial charge in [-0.15, -0.1) is 10.2 Å². The van der Waals surface area contributed by atoms with Crippen molar-refractivity contribution in [2.45, 2.75) is 38.8 Å². The number of piperidine rings is 1. The lowest BCUT2D eigenvalue weighted by Crippen LogP contribution is -2.33. The SMILES string of the molecule is CCn1c(Cn2ccnc2)nnc1C1CCN(CC=Cc2ccccc2)CC1. The van der Waals surface area contributed by atoms with Crippen molar-refractivity contribution in [2.75, 3.05) is 19.6 Å². The average Bonchev–Trinajstić information content (AvgIpc) is 3.39. The molecule has 2 aromatic heterocycles. The van der Waals surface area contributed by atoms with Crippen LogP contribution in [0.3, 0.4) is 0 Å². The molecule has 1 aliphatic rings. The predicted molar refractivity (Wildman–Crippen MR) is 111 cm³/mol. The van der Waals surface area contributed by atoms with Gasteiger partial charge in [-0.3, -0.25) is 4.90 Å². The summed E-state index contributed by atoms with van der Waals surface area (Å²) in [4.78, 5) is 6.64. The molecule has 1 aromatic carbocycles. The molecule has 6 nitrogen and oxygen atoms in total. The number of hydrogen-bond acceptors (Lipinski definition) is 4. The van der Waals surface area contributed by atoms with E-state index in [4.69, 9.17) is 0 Å². The molecule has 0 spiro atoms. The van der Waals surface area contributed by atoms with E-state index < -0.39 is 0 Å². The van der Waals surface area contributed by atoms with Crippen molar-refractivity contribution in [3.63, 3.8) is 0 Å². The molecule has 3 aromatic rings. The molecule has 146 valence electrons. The van der Waals surface area contributed by atoms with Gasteiger partial charge >= 0.3 is 0 Å². The van der Waals surface area contributed by atoms with Gasteiger partial charge in [-0.1, -0.05) is 42.5 Å². The zero-order chi connectivity index (χ0) is 19.2. The van der Waals surface area contributed by atoms with E-state index in [1.54, 1.807) is 6.20 Å². The minimum Gasteiger partial charge on any atom is -0.330 e. The summed E-state index contributed by atoms with van der Waals surface area (Å²) >= 11 is 0. The lowest BCUT2D eigenvalue weighted by Gasteiger charge is -2.30. The second-order valence-corrected chi connectivity index (χ2v) is 7.34. The van der Waals surface area contributed by atoms with Crippen molar-refractivity contribution in [1.82, 2.24) is 29.2 Å². The molecule has 1 fully saturated rings. The van der Waals surface area contributed by atoms with Crippen LogP contribution in [0.2, 0.25) is 0 Å². The molecular weight excluding hydrogens is 348 g/mol. The normalized spacial score (nSPS) is 16.2. The Bertz CT molecular complexity index is 873. The van der Waals surface area contributed by atoms with Gasteiger partial charge in [0.1, 0.15) is 5.82 Å². The van der Waals surface area contributed by atoms with Crippen LogP contribution in [0.1, 0.15) is 42.9 Å². The number of likely N-dealkylation sites (tertiary alicyclic amines) is 1. The number of nitrogens with zero attached hydrogens (tertiary/aromatic N) is 6. The molecule has 0 amide bonds. The lowest BCUT2D eigenvalue weighted by molar-refractivity contribution is 0.227. The third-order valence-corrected chi connectivity index (χ3v) is 5.48. The molecule has 0 radical (unpaired) electrons. The van der Waals surface area contributed by atoms with Crippen LogP contribution < -0.4 is 0 Å². The highest BCUT2D eigenvalue weighted by Crippen LogP contribution is 2.27. The third-order valence-electron chi connectivity index (χ3n) is 5.48. The van der Waals surface area contributed by atoms with Gasteiger partial charge in [0, 0.05) is 31.4 Å². The summed E-state index contributed by atoms with van der Waals surface area (Å²) in [6.45, 7) is 7.03. The first kappa shape index (κ1) is 18.6. The highest BCUT2D eigenvalue weighted by atomic mass is 15.3. The van der Waals surface area contributed by atoms with E-state index in [1.165, 1.54) is 5.56 Å². The fraction of sp³-hybridized carbons (Fsp3) is 0.409. The van der Waals surface area contributed by atoms with Gasteiger partial charge in [-0.2, -0.15) is 0 Å². The van der Waals surface area contributed by atoms with Gasteiger partial charge in [-0.05, 0) is 38.4 Å². The summed E-state index contributed by atoms with van der Waals surface area (Å²) in [5, 5.41) is 9.04.